The Labute approximate surface area is 114 Å². The lowest BCUT2D eigenvalue weighted by Crippen LogP contribution is -2.30. The van der Waals surface area contributed by atoms with Gasteiger partial charge in [0.25, 0.3) is 0 Å². The van der Waals surface area contributed by atoms with Gasteiger partial charge in [0.15, 0.2) is 0 Å². The molecule has 4 heteroatoms. The molecule has 0 aromatic carbocycles. The second kappa shape index (κ2) is 6.13. The standard InChI is InChI=1S/C15H24N2O2/c1-3-11-7-5-6-8-14(11)19-15(18)13-9-12(16)10-17(13)4-2/h9-11,14H,3-8,16H2,1-2H3. The molecule has 1 aromatic heterocycles. The Balaban J connectivity index is 2.07. The van der Waals surface area contributed by atoms with Gasteiger partial charge in [-0.2, -0.15) is 0 Å². The summed E-state index contributed by atoms with van der Waals surface area (Å²) in [5, 5.41) is 0. The van der Waals surface area contributed by atoms with Crippen molar-refractivity contribution in [3.05, 3.63) is 18.0 Å². The minimum absolute atomic E-state index is 0.0766. The summed E-state index contributed by atoms with van der Waals surface area (Å²) in [6.07, 6.45) is 7.52. The first-order valence-electron chi connectivity index (χ1n) is 7.32. The second-order valence-electron chi connectivity index (χ2n) is 5.34. The van der Waals surface area contributed by atoms with Crippen LogP contribution in [0, 0.1) is 5.92 Å². The highest BCUT2D eigenvalue weighted by atomic mass is 16.5. The van der Waals surface area contributed by atoms with E-state index in [1.165, 1.54) is 12.8 Å². The van der Waals surface area contributed by atoms with Gasteiger partial charge in [-0.15, -0.1) is 0 Å². The Morgan fingerprint density at radius 2 is 2.16 bits per heavy atom. The normalized spacial score (nSPS) is 23.3. The zero-order valence-corrected chi connectivity index (χ0v) is 11.9. The van der Waals surface area contributed by atoms with Crippen molar-refractivity contribution >= 4 is 11.7 Å². The van der Waals surface area contributed by atoms with Crippen LogP contribution < -0.4 is 5.73 Å². The van der Waals surface area contributed by atoms with Gasteiger partial charge in [0, 0.05) is 12.7 Å². The van der Waals surface area contributed by atoms with Gasteiger partial charge < -0.3 is 15.0 Å². The van der Waals surface area contributed by atoms with Crippen LogP contribution >= 0.6 is 0 Å². The average Bonchev–Trinajstić information content (AvgIpc) is 2.80. The van der Waals surface area contributed by atoms with Gasteiger partial charge in [-0.25, -0.2) is 4.79 Å². The fourth-order valence-electron chi connectivity index (χ4n) is 2.96. The maximum absolute atomic E-state index is 12.3. The van der Waals surface area contributed by atoms with Gasteiger partial charge >= 0.3 is 5.97 Å². The minimum atomic E-state index is -0.232. The number of carbonyl (C=O) groups excluding carboxylic acids is 1. The molecule has 1 heterocycles. The van der Waals surface area contributed by atoms with Crippen LogP contribution in [-0.4, -0.2) is 16.6 Å². The Kier molecular flexibility index (Phi) is 4.51. The number of rotatable bonds is 4. The lowest BCUT2D eigenvalue weighted by Gasteiger charge is -2.30. The summed E-state index contributed by atoms with van der Waals surface area (Å²) >= 11 is 0. The van der Waals surface area contributed by atoms with Gasteiger partial charge in [-0.05, 0) is 44.6 Å². The number of nitrogen functional groups attached to an aromatic ring is 1. The molecule has 1 aliphatic carbocycles. The number of nitrogens with two attached hydrogens (primary N) is 1. The average molecular weight is 264 g/mol. The molecule has 2 unspecified atom stereocenters. The summed E-state index contributed by atoms with van der Waals surface area (Å²) in [6.45, 7) is 4.89. The number of aromatic nitrogens is 1. The molecule has 2 atom stereocenters. The molecular weight excluding hydrogens is 240 g/mol. The van der Waals surface area contributed by atoms with E-state index in [1.54, 1.807) is 12.3 Å². The van der Waals surface area contributed by atoms with Crippen LogP contribution in [0.25, 0.3) is 0 Å². The molecule has 0 radical (unpaired) electrons. The monoisotopic (exact) mass is 264 g/mol. The number of ether oxygens (including phenoxy) is 1. The smallest absolute Gasteiger partial charge is 0.355 e. The van der Waals surface area contributed by atoms with Crippen LogP contribution in [0.15, 0.2) is 12.3 Å². The first-order chi connectivity index (χ1) is 9.15. The van der Waals surface area contributed by atoms with Crippen molar-refractivity contribution in [2.75, 3.05) is 5.73 Å². The zero-order chi connectivity index (χ0) is 13.8. The third-order valence-corrected chi connectivity index (χ3v) is 4.09. The highest BCUT2D eigenvalue weighted by Crippen LogP contribution is 2.30. The summed E-state index contributed by atoms with van der Waals surface area (Å²) in [4.78, 5) is 12.3. The van der Waals surface area contributed by atoms with Gasteiger partial charge in [0.2, 0.25) is 0 Å². The topological polar surface area (TPSA) is 57.2 Å². The van der Waals surface area contributed by atoms with E-state index in [4.69, 9.17) is 10.5 Å². The number of hydrogen-bond donors (Lipinski definition) is 1. The largest absolute Gasteiger partial charge is 0.457 e. The predicted molar refractivity (Wildman–Crippen MR) is 76.0 cm³/mol. The molecule has 0 aliphatic heterocycles. The van der Waals surface area contributed by atoms with E-state index < -0.39 is 0 Å². The molecule has 1 aliphatic rings. The van der Waals surface area contributed by atoms with E-state index in [-0.39, 0.29) is 12.1 Å². The third kappa shape index (κ3) is 3.11. The maximum atomic E-state index is 12.3. The van der Waals surface area contributed by atoms with Crippen LogP contribution in [-0.2, 0) is 11.3 Å². The van der Waals surface area contributed by atoms with Crippen molar-refractivity contribution in [3.63, 3.8) is 0 Å². The lowest BCUT2D eigenvalue weighted by atomic mass is 9.85. The van der Waals surface area contributed by atoms with E-state index in [0.29, 0.717) is 17.3 Å². The van der Waals surface area contributed by atoms with E-state index in [2.05, 4.69) is 6.92 Å². The van der Waals surface area contributed by atoms with E-state index >= 15 is 0 Å². The SMILES string of the molecule is CCC1CCCCC1OC(=O)c1cc(N)cn1CC. The predicted octanol–water partition coefficient (Wildman–Crippen LogP) is 3.22. The minimum Gasteiger partial charge on any atom is -0.457 e. The Morgan fingerprint density at radius 1 is 1.42 bits per heavy atom. The summed E-state index contributed by atoms with van der Waals surface area (Å²) in [7, 11) is 0. The first kappa shape index (κ1) is 14.0. The van der Waals surface area contributed by atoms with Gasteiger partial charge in [0.05, 0.1) is 5.69 Å². The van der Waals surface area contributed by atoms with Gasteiger partial charge in [0.1, 0.15) is 11.8 Å². The van der Waals surface area contributed by atoms with Crippen molar-refractivity contribution in [2.24, 2.45) is 5.92 Å². The van der Waals surface area contributed by atoms with Crippen LogP contribution in [0.1, 0.15) is 56.4 Å². The molecule has 0 saturated heterocycles. The van der Waals surface area contributed by atoms with Crippen molar-refractivity contribution in [1.82, 2.24) is 4.57 Å². The lowest BCUT2D eigenvalue weighted by molar-refractivity contribution is -0.000323. The van der Waals surface area contributed by atoms with Crippen LogP contribution in [0.3, 0.4) is 0 Å². The number of esters is 1. The molecule has 0 amide bonds. The molecule has 19 heavy (non-hydrogen) atoms. The summed E-state index contributed by atoms with van der Waals surface area (Å²) in [6, 6.07) is 1.70. The quantitative estimate of drug-likeness (QED) is 0.849. The van der Waals surface area contributed by atoms with E-state index in [0.717, 1.165) is 25.8 Å². The molecule has 1 fully saturated rings. The zero-order valence-electron chi connectivity index (χ0n) is 11.9. The number of anilines is 1. The van der Waals surface area contributed by atoms with Crippen molar-refractivity contribution in [3.8, 4) is 0 Å². The van der Waals surface area contributed by atoms with Gasteiger partial charge in [-0.3, -0.25) is 0 Å². The Hall–Kier alpha value is -1.45. The highest BCUT2D eigenvalue weighted by molar-refractivity contribution is 5.89. The maximum Gasteiger partial charge on any atom is 0.355 e. The van der Waals surface area contributed by atoms with Crippen LogP contribution in [0.2, 0.25) is 0 Å². The molecule has 1 aromatic rings. The number of carbonyl (C=O) groups is 1. The van der Waals surface area contributed by atoms with E-state index in [9.17, 15) is 4.79 Å². The molecule has 4 nitrogen and oxygen atoms in total. The summed E-state index contributed by atoms with van der Waals surface area (Å²) in [5.41, 5.74) is 6.94. The molecule has 2 N–H and O–H groups in total. The fraction of sp³-hybridized carbons (Fsp3) is 0.667. The number of nitrogens with zero attached hydrogens (tertiary/aromatic N) is 1. The molecule has 1 saturated carbocycles. The summed E-state index contributed by atoms with van der Waals surface area (Å²) in [5.74, 6) is 0.281. The summed E-state index contributed by atoms with van der Waals surface area (Å²) < 4.78 is 7.57. The van der Waals surface area contributed by atoms with E-state index in [1.807, 2.05) is 11.5 Å². The van der Waals surface area contributed by atoms with Crippen LogP contribution in [0.5, 0.6) is 0 Å². The van der Waals surface area contributed by atoms with Crippen molar-refractivity contribution in [2.45, 2.75) is 58.6 Å². The Morgan fingerprint density at radius 3 is 2.84 bits per heavy atom. The third-order valence-electron chi connectivity index (χ3n) is 4.09. The molecular formula is C15H24N2O2. The highest BCUT2D eigenvalue weighted by Gasteiger charge is 2.28. The fourth-order valence-corrected chi connectivity index (χ4v) is 2.96. The molecule has 0 bridgehead atoms. The number of aryl methyl sites for hydroxylation is 1. The number of hydrogen-bond acceptors (Lipinski definition) is 3. The van der Waals surface area contributed by atoms with Crippen molar-refractivity contribution in [1.29, 1.82) is 0 Å². The molecule has 2 rings (SSSR count). The molecule has 0 spiro atoms. The Bertz CT molecular complexity index is 439. The van der Waals surface area contributed by atoms with Crippen LogP contribution in [0.4, 0.5) is 5.69 Å². The van der Waals surface area contributed by atoms with Crippen molar-refractivity contribution < 1.29 is 9.53 Å². The van der Waals surface area contributed by atoms with Gasteiger partial charge in [-0.1, -0.05) is 13.3 Å². The first-order valence-corrected chi connectivity index (χ1v) is 7.32. The molecule has 106 valence electrons. The second-order valence-corrected chi connectivity index (χ2v) is 5.34.